The third-order valence-corrected chi connectivity index (χ3v) is 21.1. The van der Waals surface area contributed by atoms with Crippen molar-refractivity contribution in [3.63, 3.8) is 0 Å². The minimum Gasteiger partial charge on any atom is -0.883 e. The standard InChI is InChI=1S/C15H13N3O4S2.2C14H11N3O4S2.C9H7ClN2O2S.C6H7NO2S.C2H3N.2Na/c1-22-15(19)14-13(7-10-23-14)17-24(20,21)12-5-3-11(4-6-12)18-9-2-8-16-18;2*18-14(19)13-12(6-9-22-13)16-23(20,21)11-4-2-10(3-5-11)17-8-1-7-15-17;10-15(13,14)9-4-2-8(3-5-9)12-7-1-6-11-12;1-9-6(8)5-4(7)2-3-10-5;1-2-3;;/h2-10,17H,1H3;1-9,18-19H;1-9,16H,(H,18,19);1-7H;2-3H,7H2,1H3;1H3;;/q;;;;;;2*+1/p-2. The number of ether oxygens (including phenoxy) is 2. The van der Waals surface area contributed by atoms with Crippen molar-refractivity contribution in [3.8, 4) is 28.8 Å². The van der Waals surface area contributed by atoms with E-state index in [1.54, 1.807) is 164 Å². The van der Waals surface area contributed by atoms with Gasteiger partial charge < -0.3 is 30.5 Å². The number of carboxylic acid groups (broad SMARTS) is 1. The van der Waals surface area contributed by atoms with Crippen LogP contribution in [0.15, 0.2) is 252 Å². The fourth-order valence-corrected chi connectivity index (χ4v) is 14.6. The van der Waals surface area contributed by atoms with Gasteiger partial charge in [-0.1, -0.05) is 11.8 Å². The normalized spacial score (nSPS) is 11.8. The minimum absolute atomic E-state index is 0. The summed E-state index contributed by atoms with van der Waals surface area (Å²) in [5.41, 5.74) is 8.96. The number of hydrogen-bond donors (Lipinski definition) is 4. The number of nitrogens with zero attached hydrogens (tertiary/aromatic N) is 10. The number of methoxy groups -OCH3 is 2. The summed E-state index contributed by atoms with van der Waals surface area (Å²) in [4.78, 5) is 34.1. The molecular weight excluding hydrogens is 1500 g/mol. The molecule has 4 aromatic carbocycles. The van der Waals surface area contributed by atoms with E-state index in [-0.39, 0.29) is 116 Å². The summed E-state index contributed by atoms with van der Waals surface area (Å²) in [5.74, 6) is -3.58. The van der Waals surface area contributed by atoms with Crippen LogP contribution in [0.2, 0.25) is 0 Å². The SMILES string of the molecule is CC#N.COC(=O)c1sccc1N.COC(=O)c1sccc1NS(=O)(=O)c1ccc(-n2cccn2)cc1.O=C(O)c1sccc1NS(=O)(=O)c1ccc(-n2cccn2)cc1.O=S(=O)(Cl)c1ccc(-n2cccn2)cc1.O=S(=O)(N=C1C=CSC1=C([O-])[O-])c1ccc(-n2cccn2)cc1.[Na+].[Na+]. The van der Waals surface area contributed by atoms with Crippen molar-refractivity contribution in [1.82, 2.24) is 39.1 Å². The molecule has 0 bridgehead atoms. The number of nitrogens with one attached hydrogen (secondary N) is 2. The summed E-state index contributed by atoms with van der Waals surface area (Å²) in [6, 6.07) is 37.9. The van der Waals surface area contributed by atoms with Crippen molar-refractivity contribution in [1.29, 1.82) is 5.26 Å². The van der Waals surface area contributed by atoms with Crippen molar-refractivity contribution in [2.45, 2.75) is 26.5 Å². The number of carbonyl (C=O) groups excluding carboxylic acids is 2. The number of nitrogen functional groups attached to an aromatic ring is 1. The number of esters is 2. The third-order valence-electron chi connectivity index (χ3n) is 12.1. The maximum Gasteiger partial charge on any atom is 1.00 e. The van der Waals surface area contributed by atoms with Gasteiger partial charge in [-0.05, 0) is 167 Å². The summed E-state index contributed by atoms with van der Waals surface area (Å²) < 4.78 is 120. The van der Waals surface area contributed by atoms with Gasteiger partial charge in [-0.15, -0.1) is 34.0 Å². The number of carbonyl (C=O) groups is 3. The fraction of sp³-hybridized carbons (Fsp3) is 0.0500. The molecule has 1 aliphatic heterocycles. The number of benzene rings is 4. The molecule has 0 unspecified atom stereocenters. The molecule has 0 saturated heterocycles. The second-order valence-corrected chi connectivity index (χ2v) is 29.7. The maximum absolute atomic E-state index is 12.5. The molecule has 11 aromatic rings. The van der Waals surface area contributed by atoms with Gasteiger partial charge in [0, 0.05) is 72.1 Å². The molecule has 0 spiro atoms. The van der Waals surface area contributed by atoms with Crippen molar-refractivity contribution >= 4 is 136 Å². The van der Waals surface area contributed by atoms with E-state index >= 15 is 0 Å². The maximum atomic E-state index is 12.5. The average Bonchev–Trinajstić information content (AvgIpc) is 1.22. The Morgan fingerprint density at radius 3 is 1.23 bits per heavy atom. The number of aromatic carboxylic acids is 1. The first kappa shape index (κ1) is 82.0. The van der Waals surface area contributed by atoms with Crippen LogP contribution in [-0.4, -0.2) is 116 Å². The van der Waals surface area contributed by atoms with Gasteiger partial charge in [0.1, 0.15) is 14.6 Å². The van der Waals surface area contributed by atoms with Crippen LogP contribution in [0.4, 0.5) is 17.1 Å². The number of sulfonamides is 3. The molecule has 12 rings (SSSR count). The molecule has 508 valence electrons. The van der Waals surface area contributed by atoms with Crippen LogP contribution < -0.4 is 84.5 Å². The Bertz CT molecular complexity index is 5110. The largest absolute Gasteiger partial charge is 1.00 e. The molecule has 100 heavy (non-hydrogen) atoms. The summed E-state index contributed by atoms with van der Waals surface area (Å²) in [5, 5.41) is 60.7. The van der Waals surface area contributed by atoms with E-state index in [0.29, 0.717) is 16.3 Å². The van der Waals surface area contributed by atoms with Crippen molar-refractivity contribution in [3.05, 3.63) is 242 Å². The van der Waals surface area contributed by atoms with Gasteiger partial charge in [-0.3, -0.25) is 9.44 Å². The molecule has 0 fully saturated rings. The van der Waals surface area contributed by atoms with Crippen LogP contribution in [0, 0.1) is 11.3 Å². The molecule has 8 heterocycles. The van der Waals surface area contributed by atoms with E-state index in [1.165, 1.54) is 110 Å². The third kappa shape index (κ3) is 22.9. The molecule has 29 nitrogen and oxygen atoms in total. The predicted molar refractivity (Wildman–Crippen MR) is 366 cm³/mol. The quantitative estimate of drug-likeness (QED) is 0.0467. The second-order valence-electron chi connectivity index (χ2n) is 18.5. The Balaban J connectivity index is 0.000000227. The number of nitriles is 1. The molecule has 40 heteroatoms. The van der Waals surface area contributed by atoms with Gasteiger partial charge >= 0.3 is 77.0 Å². The molecule has 0 radical (unpaired) electrons. The van der Waals surface area contributed by atoms with Gasteiger partial charge in [-0.25, -0.2) is 58.4 Å². The van der Waals surface area contributed by atoms with Crippen LogP contribution in [0.5, 0.6) is 0 Å². The summed E-state index contributed by atoms with van der Waals surface area (Å²) in [7, 11) is -7.57. The van der Waals surface area contributed by atoms with Crippen molar-refractivity contribution < 1.29 is 132 Å². The van der Waals surface area contributed by atoms with E-state index in [4.69, 9.17) is 26.8 Å². The van der Waals surface area contributed by atoms with Crippen LogP contribution in [0.3, 0.4) is 0 Å². The first-order chi connectivity index (χ1) is 46.7. The number of anilines is 3. The number of allylic oxidation sites excluding steroid dienone is 2. The molecule has 0 aliphatic carbocycles. The topological polar surface area (TPSA) is 430 Å². The van der Waals surface area contributed by atoms with E-state index in [2.05, 4.69) is 43.7 Å². The van der Waals surface area contributed by atoms with Crippen LogP contribution in [0.1, 0.15) is 35.9 Å². The summed E-state index contributed by atoms with van der Waals surface area (Å²) in [6.45, 7) is 1.43. The molecular formula is C60H50ClN13Na2O16S8. The fourth-order valence-electron chi connectivity index (χ4n) is 7.66. The molecule has 0 atom stereocenters. The average molecular weight is 1550 g/mol. The zero-order chi connectivity index (χ0) is 71.2. The second kappa shape index (κ2) is 38.2. The Hall–Kier alpha value is -8.69. The number of carboxylic acids is 1. The van der Waals surface area contributed by atoms with E-state index in [9.17, 15) is 58.3 Å². The predicted octanol–water partition coefficient (Wildman–Crippen LogP) is 2.56. The zero-order valence-corrected chi connectivity index (χ0v) is 63.8. The van der Waals surface area contributed by atoms with Gasteiger partial charge in [0.2, 0.25) is 0 Å². The minimum atomic E-state index is -4.01. The first-order valence-corrected chi connectivity index (χ1v) is 37.3. The van der Waals surface area contributed by atoms with Crippen molar-refractivity contribution in [2.75, 3.05) is 29.4 Å². The number of nitrogens with two attached hydrogens (primary N) is 1. The van der Waals surface area contributed by atoms with Gasteiger partial charge in [0.15, 0.2) is 0 Å². The molecule has 1 aliphatic rings. The molecule has 5 N–H and O–H groups in total. The monoisotopic (exact) mass is 1550 g/mol. The smallest absolute Gasteiger partial charge is 0.883 e. The van der Waals surface area contributed by atoms with Crippen LogP contribution in [-0.2, 0) is 48.6 Å². The number of aromatic nitrogens is 8. The number of thioether (sulfide) groups is 1. The Kier molecular flexibility index (Phi) is 31.3. The Morgan fingerprint density at radius 1 is 0.560 bits per heavy atom. The summed E-state index contributed by atoms with van der Waals surface area (Å²) >= 11 is 4.21. The van der Waals surface area contributed by atoms with Gasteiger partial charge in [0.05, 0.1) is 85.4 Å². The molecule has 7 aromatic heterocycles. The number of thiophene rings is 3. The van der Waals surface area contributed by atoms with Crippen LogP contribution in [0.25, 0.3) is 22.7 Å². The number of hydrogen-bond acceptors (Lipinski definition) is 25. The Labute approximate surface area is 637 Å². The van der Waals surface area contributed by atoms with E-state index in [0.717, 1.165) is 51.5 Å². The van der Waals surface area contributed by atoms with Gasteiger partial charge in [0.25, 0.3) is 39.1 Å². The zero-order valence-electron chi connectivity index (χ0n) is 52.5. The van der Waals surface area contributed by atoms with E-state index < -0.39 is 57.0 Å². The Morgan fingerprint density at radius 2 is 0.900 bits per heavy atom. The molecule has 0 saturated carbocycles. The first-order valence-electron chi connectivity index (χ1n) is 27.1. The summed E-state index contributed by atoms with van der Waals surface area (Å²) in [6.07, 6.45) is 14.8. The number of halogens is 1. The molecule has 0 amide bonds. The van der Waals surface area contributed by atoms with Crippen LogP contribution >= 0.6 is 56.5 Å². The van der Waals surface area contributed by atoms with Gasteiger partial charge in [-0.2, -0.15) is 44.4 Å². The van der Waals surface area contributed by atoms with Crippen molar-refractivity contribution in [2.24, 2.45) is 4.40 Å². The van der Waals surface area contributed by atoms with E-state index in [1.807, 2.05) is 0 Å². The number of rotatable bonds is 16.